The zero-order valence-corrected chi connectivity index (χ0v) is 17.7. The van der Waals surface area contributed by atoms with Crippen molar-refractivity contribution >= 4 is 21.6 Å². The Bertz CT molecular complexity index is 954. The molecule has 5 nitrogen and oxygen atoms in total. The summed E-state index contributed by atoms with van der Waals surface area (Å²) in [7, 11) is -2.40. The minimum absolute atomic E-state index is 0.0273. The summed E-state index contributed by atoms with van der Waals surface area (Å²) in [5, 5.41) is 0. The van der Waals surface area contributed by atoms with Gasteiger partial charge in [0.15, 0.2) is 0 Å². The van der Waals surface area contributed by atoms with Crippen LogP contribution in [0.4, 0.5) is 10.1 Å². The van der Waals surface area contributed by atoms with E-state index in [0.717, 1.165) is 42.0 Å². The van der Waals surface area contributed by atoms with E-state index in [1.807, 2.05) is 6.92 Å². The fourth-order valence-corrected chi connectivity index (χ4v) is 5.12. The largest absolute Gasteiger partial charge is 0.341 e. The molecule has 0 aliphatic heterocycles. The molecule has 1 aliphatic carbocycles. The third kappa shape index (κ3) is 4.78. The summed E-state index contributed by atoms with van der Waals surface area (Å²) in [4.78, 5) is 14.6. The van der Waals surface area contributed by atoms with Gasteiger partial charge in [0.05, 0.1) is 10.6 Å². The molecule has 29 heavy (non-hydrogen) atoms. The molecule has 2 aromatic carbocycles. The first kappa shape index (κ1) is 21.3. The average molecular weight is 419 g/mol. The van der Waals surface area contributed by atoms with Gasteiger partial charge in [-0.25, -0.2) is 12.8 Å². The zero-order valence-electron chi connectivity index (χ0n) is 16.8. The van der Waals surface area contributed by atoms with Crippen molar-refractivity contribution in [2.45, 2.75) is 50.0 Å². The Morgan fingerprint density at radius 1 is 1.03 bits per heavy atom. The third-order valence-electron chi connectivity index (χ3n) is 5.52. The van der Waals surface area contributed by atoms with Crippen LogP contribution in [0.2, 0.25) is 0 Å². The van der Waals surface area contributed by atoms with Crippen LogP contribution in [-0.4, -0.2) is 38.9 Å². The van der Waals surface area contributed by atoms with E-state index < -0.39 is 22.4 Å². The van der Waals surface area contributed by atoms with Crippen molar-refractivity contribution in [2.75, 3.05) is 17.9 Å². The van der Waals surface area contributed by atoms with Crippen LogP contribution in [-0.2, 0) is 14.8 Å². The Morgan fingerprint density at radius 3 is 2.28 bits per heavy atom. The molecule has 0 saturated heterocycles. The minimum Gasteiger partial charge on any atom is -0.341 e. The second-order valence-electron chi connectivity index (χ2n) is 7.57. The van der Waals surface area contributed by atoms with Crippen molar-refractivity contribution in [1.29, 1.82) is 0 Å². The maximum absolute atomic E-state index is 14.5. The second kappa shape index (κ2) is 8.95. The molecule has 1 amide bonds. The molecule has 0 spiro atoms. The molecule has 0 atom stereocenters. The number of amides is 1. The van der Waals surface area contributed by atoms with Gasteiger partial charge >= 0.3 is 0 Å². The van der Waals surface area contributed by atoms with Crippen molar-refractivity contribution in [2.24, 2.45) is 0 Å². The minimum atomic E-state index is -4.11. The summed E-state index contributed by atoms with van der Waals surface area (Å²) in [6.07, 6.45) is 5.09. The summed E-state index contributed by atoms with van der Waals surface area (Å²) in [5.41, 5.74) is 0.785. The van der Waals surface area contributed by atoms with Gasteiger partial charge in [-0.05, 0) is 44.0 Å². The van der Waals surface area contributed by atoms with E-state index in [1.165, 1.54) is 30.3 Å². The zero-order chi connectivity index (χ0) is 21.0. The molecule has 0 aromatic heterocycles. The number of aryl methyl sites for hydroxylation is 1. The van der Waals surface area contributed by atoms with Crippen LogP contribution < -0.4 is 4.31 Å². The van der Waals surface area contributed by atoms with Gasteiger partial charge in [-0.15, -0.1) is 0 Å². The highest BCUT2D eigenvalue weighted by molar-refractivity contribution is 7.92. The SMILES string of the molecule is Cc1ccc(S(=O)(=O)N(CC(=O)N(C)C2CCCCC2)c2ccccc2F)cc1. The summed E-state index contributed by atoms with van der Waals surface area (Å²) >= 11 is 0. The number of benzene rings is 2. The number of nitrogens with zero attached hydrogens (tertiary/aromatic N) is 2. The molecule has 0 heterocycles. The van der Waals surface area contributed by atoms with Gasteiger partial charge in [0.2, 0.25) is 5.91 Å². The van der Waals surface area contributed by atoms with Crippen molar-refractivity contribution in [3.8, 4) is 0 Å². The number of carbonyl (C=O) groups is 1. The fourth-order valence-electron chi connectivity index (χ4n) is 3.70. The first-order chi connectivity index (χ1) is 13.8. The normalized spacial score (nSPS) is 15.1. The Labute approximate surface area is 172 Å². The van der Waals surface area contributed by atoms with Gasteiger partial charge in [-0.1, -0.05) is 49.1 Å². The first-order valence-corrected chi connectivity index (χ1v) is 11.3. The van der Waals surface area contributed by atoms with E-state index in [9.17, 15) is 17.6 Å². The Kier molecular flexibility index (Phi) is 6.57. The summed E-state index contributed by atoms with van der Waals surface area (Å²) in [5.74, 6) is -1.02. The van der Waals surface area contributed by atoms with Gasteiger partial charge in [0.25, 0.3) is 10.0 Å². The molecule has 1 saturated carbocycles. The highest BCUT2D eigenvalue weighted by Crippen LogP contribution is 2.27. The summed E-state index contributed by atoms with van der Waals surface area (Å²) in [6, 6.07) is 12.1. The van der Waals surface area contributed by atoms with E-state index in [2.05, 4.69) is 0 Å². The molecule has 0 radical (unpaired) electrons. The lowest BCUT2D eigenvalue weighted by molar-refractivity contribution is -0.130. The third-order valence-corrected chi connectivity index (χ3v) is 7.30. The molecule has 156 valence electrons. The number of rotatable bonds is 6. The molecule has 1 aliphatic rings. The fraction of sp³-hybridized carbons (Fsp3) is 0.409. The smallest absolute Gasteiger partial charge is 0.264 e. The lowest BCUT2D eigenvalue weighted by Crippen LogP contribution is -2.46. The number of anilines is 1. The summed E-state index contributed by atoms with van der Waals surface area (Å²) in [6.45, 7) is 1.41. The molecule has 1 fully saturated rings. The molecule has 2 aromatic rings. The lowest BCUT2D eigenvalue weighted by Gasteiger charge is -2.33. The van der Waals surface area contributed by atoms with Gasteiger partial charge in [-0.2, -0.15) is 0 Å². The van der Waals surface area contributed by atoms with Crippen LogP contribution in [0.25, 0.3) is 0 Å². The topological polar surface area (TPSA) is 57.7 Å². The molecule has 0 N–H and O–H groups in total. The highest BCUT2D eigenvalue weighted by Gasteiger charge is 2.31. The van der Waals surface area contributed by atoms with Crippen molar-refractivity contribution in [3.63, 3.8) is 0 Å². The number of carbonyl (C=O) groups excluding carboxylic acids is 1. The Balaban J connectivity index is 1.94. The maximum Gasteiger partial charge on any atom is 0.264 e. The first-order valence-electron chi connectivity index (χ1n) is 9.90. The number of sulfonamides is 1. The van der Waals surface area contributed by atoms with Crippen LogP contribution in [0, 0.1) is 12.7 Å². The van der Waals surface area contributed by atoms with Crippen LogP contribution in [0.5, 0.6) is 0 Å². The van der Waals surface area contributed by atoms with Crippen LogP contribution in [0.1, 0.15) is 37.7 Å². The molecule has 0 unspecified atom stereocenters. The average Bonchev–Trinajstić information content (AvgIpc) is 2.73. The van der Waals surface area contributed by atoms with E-state index >= 15 is 0 Å². The molecular weight excluding hydrogens is 391 g/mol. The maximum atomic E-state index is 14.5. The van der Waals surface area contributed by atoms with Crippen molar-refractivity contribution in [3.05, 3.63) is 59.9 Å². The summed E-state index contributed by atoms with van der Waals surface area (Å²) < 4.78 is 42.0. The van der Waals surface area contributed by atoms with Crippen LogP contribution in [0.15, 0.2) is 53.4 Å². The van der Waals surface area contributed by atoms with Gasteiger partial charge < -0.3 is 4.90 Å². The van der Waals surface area contributed by atoms with Gasteiger partial charge in [-0.3, -0.25) is 9.10 Å². The highest BCUT2D eigenvalue weighted by atomic mass is 32.2. The van der Waals surface area contributed by atoms with Gasteiger partial charge in [0, 0.05) is 13.1 Å². The number of halogens is 1. The number of hydrogen-bond donors (Lipinski definition) is 0. The molecule has 7 heteroatoms. The number of likely N-dealkylation sites (N-methyl/N-ethyl adjacent to an activating group) is 1. The van der Waals surface area contributed by atoms with Crippen molar-refractivity contribution < 1.29 is 17.6 Å². The lowest BCUT2D eigenvalue weighted by atomic mass is 9.94. The van der Waals surface area contributed by atoms with Crippen LogP contribution in [0.3, 0.4) is 0 Å². The molecule has 3 rings (SSSR count). The van der Waals surface area contributed by atoms with E-state index in [-0.39, 0.29) is 22.5 Å². The number of hydrogen-bond acceptors (Lipinski definition) is 3. The predicted octanol–water partition coefficient (Wildman–Crippen LogP) is 4.12. The molecular formula is C22H27FN2O3S. The van der Waals surface area contributed by atoms with E-state index in [4.69, 9.17) is 0 Å². The standard InChI is InChI=1S/C22H27FN2O3S/c1-17-12-14-19(15-13-17)29(27,28)25(21-11-7-6-10-20(21)23)16-22(26)24(2)18-8-4-3-5-9-18/h6-7,10-15,18H,3-5,8-9,16H2,1-2H3. The van der Waals surface area contributed by atoms with Crippen molar-refractivity contribution in [1.82, 2.24) is 4.90 Å². The van der Waals surface area contributed by atoms with Crippen LogP contribution >= 0.6 is 0 Å². The monoisotopic (exact) mass is 418 g/mol. The predicted molar refractivity (Wildman–Crippen MR) is 112 cm³/mol. The van der Waals surface area contributed by atoms with E-state index in [1.54, 1.807) is 30.1 Å². The number of para-hydroxylation sites is 1. The second-order valence-corrected chi connectivity index (χ2v) is 9.43. The quantitative estimate of drug-likeness (QED) is 0.709. The molecule has 0 bridgehead atoms. The Hall–Kier alpha value is -2.41. The Morgan fingerprint density at radius 2 is 1.66 bits per heavy atom. The van der Waals surface area contributed by atoms with E-state index in [0.29, 0.717) is 0 Å². The van der Waals surface area contributed by atoms with Gasteiger partial charge in [0.1, 0.15) is 12.4 Å².